The molecule has 6 nitrogen and oxygen atoms in total. The number of ether oxygens (including phenoxy) is 2. The second-order valence-electron chi connectivity index (χ2n) is 5.00. The highest BCUT2D eigenvalue weighted by Crippen LogP contribution is 2.39. The first-order valence-electron chi connectivity index (χ1n) is 6.43. The molecule has 0 aromatic rings. The predicted octanol–water partition coefficient (Wildman–Crippen LogP) is -0.0887. The molecule has 1 heterocycles. The lowest BCUT2D eigenvalue weighted by Crippen LogP contribution is -2.38. The number of nitrogens with one attached hydrogen (secondary N) is 1. The average molecular weight is 256 g/mol. The van der Waals surface area contributed by atoms with Gasteiger partial charge in [-0.15, -0.1) is 0 Å². The minimum atomic E-state index is -0.515. The Morgan fingerprint density at radius 3 is 2.39 bits per heavy atom. The molecule has 1 saturated heterocycles. The van der Waals surface area contributed by atoms with Gasteiger partial charge in [-0.05, 0) is 18.8 Å². The minimum absolute atomic E-state index is 0.0816. The predicted molar refractivity (Wildman–Crippen MR) is 63.4 cm³/mol. The van der Waals surface area contributed by atoms with E-state index in [9.17, 15) is 9.59 Å². The molecule has 0 radical (unpaired) electrons. The van der Waals surface area contributed by atoms with Gasteiger partial charge >= 0.3 is 0 Å². The Kier molecular flexibility index (Phi) is 4.19. The molecule has 2 amide bonds. The Bertz CT molecular complexity index is 316. The summed E-state index contributed by atoms with van der Waals surface area (Å²) in [5.41, 5.74) is 4.97. The maximum absolute atomic E-state index is 11.5. The van der Waals surface area contributed by atoms with Crippen molar-refractivity contribution in [1.82, 2.24) is 5.32 Å². The lowest BCUT2D eigenvalue weighted by atomic mass is 9.83. The van der Waals surface area contributed by atoms with Crippen molar-refractivity contribution >= 4 is 11.8 Å². The first-order valence-corrected chi connectivity index (χ1v) is 6.43. The highest BCUT2D eigenvalue weighted by atomic mass is 16.7. The molecular formula is C12H20N2O4. The zero-order chi connectivity index (χ0) is 13.0. The molecule has 18 heavy (non-hydrogen) atoms. The number of carbonyl (C=O) groups is 2. The van der Waals surface area contributed by atoms with Crippen molar-refractivity contribution in [1.29, 1.82) is 0 Å². The highest BCUT2D eigenvalue weighted by molar-refractivity contribution is 5.83. The van der Waals surface area contributed by atoms with Crippen LogP contribution in [-0.2, 0) is 19.1 Å². The number of hydrogen-bond acceptors (Lipinski definition) is 4. The maximum atomic E-state index is 11.5. The lowest BCUT2D eigenvalue weighted by molar-refractivity contribution is -0.183. The zero-order valence-corrected chi connectivity index (χ0v) is 10.4. The van der Waals surface area contributed by atoms with Crippen molar-refractivity contribution in [3.05, 3.63) is 0 Å². The fourth-order valence-corrected chi connectivity index (χ4v) is 2.63. The fraction of sp³-hybridized carbons (Fsp3) is 0.833. The summed E-state index contributed by atoms with van der Waals surface area (Å²) in [5.74, 6) is -0.654. The second-order valence-corrected chi connectivity index (χ2v) is 5.00. The minimum Gasteiger partial charge on any atom is -0.368 e. The van der Waals surface area contributed by atoms with Crippen LogP contribution in [0.25, 0.3) is 0 Å². The third-order valence-corrected chi connectivity index (χ3v) is 3.61. The summed E-state index contributed by atoms with van der Waals surface area (Å²) in [6.07, 6.45) is 3.98. The van der Waals surface area contributed by atoms with Crippen molar-refractivity contribution in [2.24, 2.45) is 11.7 Å². The molecular weight excluding hydrogens is 236 g/mol. The van der Waals surface area contributed by atoms with Gasteiger partial charge in [0.05, 0.1) is 19.8 Å². The van der Waals surface area contributed by atoms with Gasteiger partial charge in [0, 0.05) is 19.3 Å². The summed E-state index contributed by atoms with van der Waals surface area (Å²) in [4.78, 5) is 22.1. The average Bonchev–Trinajstić information content (AvgIpc) is 2.79. The molecule has 0 atom stereocenters. The molecule has 1 aliphatic carbocycles. The Hall–Kier alpha value is -1.14. The van der Waals surface area contributed by atoms with Gasteiger partial charge in [-0.1, -0.05) is 0 Å². The summed E-state index contributed by atoms with van der Waals surface area (Å²) < 4.78 is 11.3. The molecule has 3 N–H and O–H groups in total. The molecule has 0 unspecified atom stereocenters. The fourth-order valence-electron chi connectivity index (χ4n) is 2.63. The first kappa shape index (κ1) is 13.3. The van der Waals surface area contributed by atoms with Gasteiger partial charge in [-0.3, -0.25) is 9.59 Å². The van der Waals surface area contributed by atoms with E-state index in [2.05, 4.69) is 5.32 Å². The third kappa shape index (κ3) is 3.43. The third-order valence-electron chi connectivity index (χ3n) is 3.61. The molecule has 102 valence electrons. The summed E-state index contributed by atoms with van der Waals surface area (Å²) >= 11 is 0. The summed E-state index contributed by atoms with van der Waals surface area (Å²) in [6, 6.07) is 0. The lowest BCUT2D eigenvalue weighted by Gasteiger charge is -2.35. The van der Waals surface area contributed by atoms with Crippen molar-refractivity contribution in [2.45, 2.75) is 37.9 Å². The van der Waals surface area contributed by atoms with Crippen molar-refractivity contribution in [3.63, 3.8) is 0 Å². The Morgan fingerprint density at radius 1 is 1.22 bits per heavy atom. The van der Waals surface area contributed by atoms with Gasteiger partial charge < -0.3 is 20.5 Å². The van der Waals surface area contributed by atoms with Crippen LogP contribution in [0, 0.1) is 5.92 Å². The van der Waals surface area contributed by atoms with Crippen LogP contribution >= 0.6 is 0 Å². The Balaban J connectivity index is 1.70. The molecule has 1 saturated carbocycles. The summed E-state index contributed by atoms with van der Waals surface area (Å²) in [7, 11) is 0. The molecule has 2 fully saturated rings. The monoisotopic (exact) mass is 256 g/mol. The van der Waals surface area contributed by atoms with E-state index in [1.54, 1.807) is 0 Å². The van der Waals surface area contributed by atoms with Gasteiger partial charge in [0.1, 0.15) is 0 Å². The van der Waals surface area contributed by atoms with Gasteiger partial charge in [0.25, 0.3) is 0 Å². The van der Waals surface area contributed by atoms with Gasteiger partial charge in [-0.2, -0.15) is 0 Å². The van der Waals surface area contributed by atoms with Crippen LogP contribution in [0.1, 0.15) is 32.1 Å². The molecule has 1 aliphatic heterocycles. The van der Waals surface area contributed by atoms with Crippen LogP contribution in [0.5, 0.6) is 0 Å². The number of amides is 2. The van der Waals surface area contributed by atoms with Crippen LogP contribution in [-0.4, -0.2) is 37.4 Å². The standard InChI is InChI=1S/C12H20N2O4/c13-10(15)8-14-11(16)7-9-1-3-12(4-2-9)17-5-6-18-12/h9H,1-8H2,(H2,13,15)(H,14,16). The van der Waals surface area contributed by atoms with E-state index in [1.165, 1.54) is 0 Å². The van der Waals surface area contributed by atoms with Crippen molar-refractivity contribution in [3.8, 4) is 0 Å². The molecule has 0 bridgehead atoms. The van der Waals surface area contributed by atoms with Gasteiger partial charge in [0.2, 0.25) is 11.8 Å². The number of rotatable bonds is 4. The van der Waals surface area contributed by atoms with Crippen LogP contribution in [0.3, 0.4) is 0 Å². The van der Waals surface area contributed by atoms with Crippen LogP contribution in [0.2, 0.25) is 0 Å². The summed E-state index contributed by atoms with van der Waals surface area (Å²) in [6.45, 7) is 1.26. The van der Waals surface area contributed by atoms with Gasteiger partial charge in [-0.25, -0.2) is 0 Å². The van der Waals surface area contributed by atoms with Crippen molar-refractivity contribution in [2.75, 3.05) is 19.8 Å². The van der Waals surface area contributed by atoms with Crippen LogP contribution in [0.15, 0.2) is 0 Å². The smallest absolute Gasteiger partial charge is 0.236 e. The first-order chi connectivity index (χ1) is 8.60. The quantitative estimate of drug-likeness (QED) is 0.735. The van der Waals surface area contributed by atoms with Gasteiger partial charge in [0.15, 0.2) is 5.79 Å². The normalized spacial score (nSPS) is 23.1. The van der Waals surface area contributed by atoms with E-state index >= 15 is 0 Å². The number of primary amides is 1. The van der Waals surface area contributed by atoms with E-state index in [0.717, 1.165) is 25.7 Å². The second kappa shape index (κ2) is 5.67. The zero-order valence-electron chi connectivity index (χ0n) is 10.4. The molecule has 1 spiro atoms. The number of hydrogen-bond donors (Lipinski definition) is 2. The topological polar surface area (TPSA) is 90.7 Å². The number of carbonyl (C=O) groups excluding carboxylic acids is 2. The molecule has 0 aromatic carbocycles. The largest absolute Gasteiger partial charge is 0.368 e. The van der Waals surface area contributed by atoms with E-state index in [1.807, 2.05) is 0 Å². The Morgan fingerprint density at radius 2 is 1.83 bits per heavy atom. The molecule has 0 aromatic heterocycles. The van der Waals surface area contributed by atoms with Crippen LogP contribution in [0.4, 0.5) is 0 Å². The maximum Gasteiger partial charge on any atom is 0.236 e. The summed E-state index contributed by atoms with van der Waals surface area (Å²) in [5, 5.41) is 2.51. The van der Waals surface area contributed by atoms with E-state index in [0.29, 0.717) is 25.6 Å². The van der Waals surface area contributed by atoms with Crippen molar-refractivity contribution < 1.29 is 19.1 Å². The van der Waals surface area contributed by atoms with E-state index in [4.69, 9.17) is 15.2 Å². The molecule has 2 aliphatic rings. The highest BCUT2D eigenvalue weighted by Gasteiger charge is 2.40. The Labute approximate surface area is 106 Å². The number of nitrogens with two attached hydrogens (primary N) is 1. The molecule has 6 heteroatoms. The van der Waals surface area contributed by atoms with E-state index < -0.39 is 5.91 Å². The van der Waals surface area contributed by atoms with E-state index in [-0.39, 0.29) is 18.2 Å². The van der Waals surface area contributed by atoms with Crippen LogP contribution < -0.4 is 11.1 Å². The molecule has 2 rings (SSSR count). The SMILES string of the molecule is NC(=O)CNC(=O)CC1CCC2(CC1)OCCO2.